The van der Waals surface area contributed by atoms with E-state index in [4.69, 9.17) is 11.6 Å². The molecule has 2 rings (SSSR count). The maximum atomic E-state index is 12.2. The predicted molar refractivity (Wildman–Crippen MR) is 84.9 cm³/mol. The summed E-state index contributed by atoms with van der Waals surface area (Å²) < 4.78 is 0. The zero-order valence-corrected chi connectivity index (χ0v) is 12.5. The minimum Gasteiger partial charge on any atom is -0.326 e. The smallest absolute Gasteiger partial charge is 0.255 e. The lowest BCUT2D eigenvalue weighted by molar-refractivity contribution is -0.114. The second-order valence-electron chi connectivity index (χ2n) is 4.67. The molecular weight excluding hydrogens is 288 g/mol. The highest BCUT2D eigenvalue weighted by atomic mass is 35.5. The average molecular weight is 303 g/mol. The van der Waals surface area contributed by atoms with Crippen LogP contribution in [0.3, 0.4) is 0 Å². The summed E-state index contributed by atoms with van der Waals surface area (Å²) in [5.41, 5.74) is 2.77. The second-order valence-corrected chi connectivity index (χ2v) is 5.11. The first-order chi connectivity index (χ1) is 9.95. The number of rotatable bonds is 3. The van der Waals surface area contributed by atoms with Crippen molar-refractivity contribution in [1.82, 2.24) is 0 Å². The normalized spacial score (nSPS) is 10.0. The molecule has 0 bridgehead atoms. The summed E-state index contributed by atoms with van der Waals surface area (Å²) in [5, 5.41) is 6.03. The van der Waals surface area contributed by atoms with Gasteiger partial charge in [-0.15, -0.1) is 0 Å². The monoisotopic (exact) mass is 302 g/mol. The van der Waals surface area contributed by atoms with E-state index < -0.39 is 0 Å². The molecule has 2 aromatic carbocycles. The van der Waals surface area contributed by atoms with Crippen LogP contribution in [-0.4, -0.2) is 11.8 Å². The predicted octanol–water partition coefficient (Wildman–Crippen LogP) is 3.86. The van der Waals surface area contributed by atoms with Crippen LogP contribution in [0.1, 0.15) is 22.8 Å². The number of hydrogen-bond acceptors (Lipinski definition) is 2. The number of benzene rings is 2. The van der Waals surface area contributed by atoms with Crippen LogP contribution in [0.25, 0.3) is 0 Å². The molecule has 0 saturated carbocycles. The fraction of sp³-hybridized carbons (Fsp3) is 0.125. The Morgan fingerprint density at radius 2 is 1.67 bits per heavy atom. The molecule has 0 unspecified atom stereocenters. The minimum atomic E-state index is -0.227. The number of carbonyl (C=O) groups excluding carboxylic acids is 2. The van der Waals surface area contributed by atoms with Crippen molar-refractivity contribution in [3.63, 3.8) is 0 Å². The van der Waals surface area contributed by atoms with Gasteiger partial charge in [-0.05, 0) is 48.9 Å². The Morgan fingerprint density at radius 3 is 2.29 bits per heavy atom. The number of hydrogen-bond donors (Lipinski definition) is 2. The molecule has 0 heterocycles. The molecule has 0 atom stereocenters. The van der Waals surface area contributed by atoms with E-state index in [2.05, 4.69) is 10.6 Å². The molecule has 0 saturated heterocycles. The number of carbonyl (C=O) groups is 2. The molecule has 0 aliphatic carbocycles. The largest absolute Gasteiger partial charge is 0.326 e. The summed E-state index contributed by atoms with van der Waals surface area (Å²) in [6.07, 6.45) is 0. The summed E-state index contributed by atoms with van der Waals surface area (Å²) >= 11 is 5.92. The number of aryl methyl sites for hydroxylation is 1. The maximum absolute atomic E-state index is 12.2. The van der Waals surface area contributed by atoms with E-state index in [0.29, 0.717) is 22.0 Å². The highest BCUT2D eigenvalue weighted by molar-refractivity contribution is 6.31. The minimum absolute atomic E-state index is 0.151. The van der Waals surface area contributed by atoms with E-state index in [0.717, 1.165) is 5.56 Å². The van der Waals surface area contributed by atoms with Crippen LogP contribution in [-0.2, 0) is 4.79 Å². The third-order valence-corrected chi connectivity index (χ3v) is 3.15. The van der Waals surface area contributed by atoms with Gasteiger partial charge in [-0.1, -0.05) is 17.7 Å². The van der Waals surface area contributed by atoms with Crippen molar-refractivity contribution in [1.29, 1.82) is 0 Å². The van der Waals surface area contributed by atoms with Crippen molar-refractivity contribution < 1.29 is 9.59 Å². The lowest BCUT2D eigenvalue weighted by atomic mass is 10.1. The molecule has 4 nitrogen and oxygen atoms in total. The Morgan fingerprint density at radius 1 is 1.00 bits per heavy atom. The molecular formula is C16H15ClN2O2. The van der Waals surface area contributed by atoms with Gasteiger partial charge >= 0.3 is 0 Å². The van der Waals surface area contributed by atoms with Crippen molar-refractivity contribution >= 4 is 34.8 Å². The topological polar surface area (TPSA) is 58.2 Å². The molecule has 21 heavy (non-hydrogen) atoms. The van der Waals surface area contributed by atoms with Crippen LogP contribution in [0.4, 0.5) is 11.4 Å². The van der Waals surface area contributed by atoms with Crippen molar-refractivity contribution in [2.75, 3.05) is 10.6 Å². The standard InChI is InChI=1S/C16H15ClN2O2/c1-10-3-6-13(17)9-15(10)19-16(21)12-4-7-14(8-5-12)18-11(2)20/h3-9H,1-2H3,(H,18,20)(H,19,21). The van der Waals surface area contributed by atoms with Gasteiger partial charge < -0.3 is 10.6 Å². The van der Waals surface area contributed by atoms with E-state index >= 15 is 0 Å². The molecule has 0 radical (unpaired) electrons. The summed E-state index contributed by atoms with van der Waals surface area (Å²) in [4.78, 5) is 23.1. The van der Waals surface area contributed by atoms with Gasteiger partial charge in [0.2, 0.25) is 5.91 Å². The third kappa shape index (κ3) is 4.07. The lowest BCUT2D eigenvalue weighted by Gasteiger charge is -2.09. The van der Waals surface area contributed by atoms with Gasteiger partial charge in [-0.25, -0.2) is 0 Å². The van der Waals surface area contributed by atoms with E-state index in [1.54, 1.807) is 36.4 Å². The highest BCUT2D eigenvalue weighted by Gasteiger charge is 2.08. The number of halogens is 1. The molecule has 2 N–H and O–H groups in total. The summed E-state index contributed by atoms with van der Waals surface area (Å²) in [6, 6.07) is 12.0. The van der Waals surface area contributed by atoms with Crippen LogP contribution in [0.15, 0.2) is 42.5 Å². The molecule has 0 aliphatic rings. The first kappa shape index (κ1) is 15.1. The number of amides is 2. The molecule has 2 aromatic rings. The van der Waals surface area contributed by atoms with Gasteiger partial charge in [0, 0.05) is 28.9 Å². The Kier molecular flexibility index (Phi) is 4.60. The fourth-order valence-corrected chi connectivity index (χ4v) is 2.00. The van der Waals surface area contributed by atoms with E-state index in [1.165, 1.54) is 6.92 Å². The van der Waals surface area contributed by atoms with Crippen LogP contribution >= 0.6 is 11.6 Å². The summed E-state index contributed by atoms with van der Waals surface area (Å²) in [6.45, 7) is 3.33. The molecule has 108 valence electrons. The third-order valence-electron chi connectivity index (χ3n) is 2.92. The highest BCUT2D eigenvalue weighted by Crippen LogP contribution is 2.21. The Labute approximate surface area is 128 Å². The van der Waals surface area contributed by atoms with Crippen LogP contribution in [0, 0.1) is 6.92 Å². The fourth-order valence-electron chi connectivity index (χ4n) is 1.83. The van der Waals surface area contributed by atoms with Gasteiger partial charge in [-0.2, -0.15) is 0 Å². The molecule has 0 spiro atoms. The Balaban J connectivity index is 2.13. The van der Waals surface area contributed by atoms with Crippen LogP contribution in [0.5, 0.6) is 0 Å². The quantitative estimate of drug-likeness (QED) is 0.904. The number of anilines is 2. The van der Waals surface area contributed by atoms with Crippen molar-refractivity contribution in [2.24, 2.45) is 0 Å². The van der Waals surface area contributed by atoms with E-state index in [9.17, 15) is 9.59 Å². The lowest BCUT2D eigenvalue weighted by Crippen LogP contribution is -2.13. The first-order valence-corrected chi connectivity index (χ1v) is 6.78. The molecule has 0 aliphatic heterocycles. The zero-order chi connectivity index (χ0) is 15.4. The first-order valence-electron chi connectivity index (χ1n) is 6.41. The van der Waals surface area contributed by atoms with Gasteiger partial charge in [-0.3, -0.25) is 9.59 Å². The summed E-state index contributed by atoms with van der Waals surface area (Å²) in [7, 11) is 0. The van der Waals surface area contributed by atoms with E-state index in [1.807, 2.05) is 13.0 Å². The van der Waals surface area contributed by atoms with Gasteiger partial charge in [0.15, 0.2) is 0 Å². The Hall–Kier alpha value is -2.33. The van der Waals surface area contributed by atoms with Gasteiger partial charge in [0.1, 0.15) is 0 Å². The zero-order valence-electron chi connectivity index (χ0n) is 11.7. The van der Waals surface area contributed by atoms with Gasteiger partial charge in [0.05, 0.1) is 0 Å². The van der Waals surface area contributed by atoms with Crippen molar-refractivity contribution in [2.45, 2.75) is 13.8 Å². The van der Waals surface area contributed by atoms with Gasteiger partial charge in [0.25, 0.3) is 5.91 Å². The van der Waals surface area contributed by atoms with Crippen LogP contribution < -0.4 is 10.6 Å². The Bertz CT molecular complexity index is 681. The second kappa shape index (κ2) is 6.41. The van der Waals surface area contributed by atoms with Crippen molar-refractivity contribution in [3.05, 3.63) is 58.6 Å². The van der Waals surface area contributed by atoms with Crippen molar-refractivity contribution in [3.8, 4) is 0 Å². The van der Waals surface area contributed by atoms with E-state index in [-0.39, 0.29) is 11.8 Å². The molecule has 0 fully saturated rings. The molecule has 0 aromatic heterocycles. The maximum Gasteiger partial charge on any atom is 0.255 e. The average Bonchev–Trinajstić information content (AvgIpc) is 2.43. The van der Waals surface area contributed by atoms with Crippen LogP contribution in [0.2, 0.25) is 5.02 Å². The summed E-state index contributed by atoms with van der Waals surface area (Å²) in [5.74, 6) is -0.378. The molecule has 5 heteroatoms. The molecule has 2 amide bonds. The number of nitrogens with one attached hydrogen (secondary N) is 2. The SMILES string of the molecule is CC(=O)Nc1ccc(C(=O)Nc2cc(Cl)ccc2C)cc1.